The Morgan fingerprint density at radius 3 is 2.47 bits per heavy atom. The Labute approximate surface area is 106 Å². The minimum Gasteiger partial charge on any atom is -0.493 e. The van der Waals surface area contributed by atoms with Gasteiger partial charge in [0.1, 0.15) is 0 Å². The van der Waals surface area contributed by atoms with E-state index in [1.807, 2.05) is 12.1 Å². The quantitative estimate of drug-likeness (QED) is 0.808. The molecular weight excluding hydrogens is 246 g/mol. The minimum atomic E-state index is -0.875. The molecule has 0 saturated carbocycles. The average Bonchev–Trinajstić information content (AvgIpc) is 2.28. The van der Waals surface area contributed by atoms with Crippen molar-refractivity contribution in [3.63, 3.8) is 0 Å². The number of carboxylic acids is 1. The zero-order valence-corrected chi connectivity index (χ0v) is 10.5. The van der Waals surface area contributed by atoms with E-state index in [9.17, 15) is 4.79 Å². The summed E-state index contributed by atoms with van der Waals surface area (Å²) in [5, 5.41) is 11.3. The third-order valence-electron chi connectivity index (χ3n) is 2.05. The molecule has 0 spiro atoms. The molecule has 1 aromatic rings. The molecule has 0 atom stereocenters. The van der Waals surface area contributed by atoms with Crippen LogP contribution in [-0.2, 0) is 11.3 Å². The second kappa shape index (κ2) is 7.76. The fraction of sp³-hybridized carbons (Fsp3) is 0.364. The van der Waals surface area contributed by atoms with Gasteiger partial charge in [0.2, 0.25) is 0 Å². The van der Waals surface area contributed by atoms with E-state index in [2.05, 4.69) is 5.32 Å². The normalized spacial score (nSPS) is 9.29. The van der Waals surface area contributed by atoms with Crippen molar-refractivity contribution < 1.29 is 19.4 Å². The van der Waals surface area contributed by atoms with Crippen LogP contribution in [0.25, 0.3) is 0 Å². The van der Waals surface area contributed by atoms with Crippen LogP contribution < -0.4 is 14.8 Å². The summed E-state index contributed by atoms with van der Waals surface area (Å²) < 4.78 is 10.2. The number of nitrogens with one attached hydrogen (secondary N) is 1. The first-order valence-corrected chi connectivity index (χ1v) is 4.80. The van der Waals surface area contributed by atoms with Crippen molar-refractivity contribution in [3.05, 3.63) is 23.8 Å². The van der Waals surface area contributed by atoms with Gasteiger partial charge in [0.15, 0.2) is 11.5 Å². The van der Waals surface area contributed by atoms with E-state index in [1.165, 1.54) is 0 Å². The number of aliphatic carboxylic acids is 1. The summed E-state index contributed by atoms with van der Waals surface area (Å²) >= 11 is 0. The Balaban J connectivity index is 0.00000256. The van der Waals surface area contributed by atoms with Crippen molar-refractivity contribution in [2.45, 2.75) is 6.54 Å². The van der Waals surface area contributed by atoms with E-state index >= 15 is 0 Å². The fourth-order valence-corrected chi connectivity index (χ4v) is 1.30. The summed E-state index contributed by atoms with van der Waals surface area (Å²) in [4.78, 5) is 10.3. The lowest BCUT2D eigenvalue weighted by Gasteiger charge is -2.09. The maximum absolute atomic E-state index is 10.3. The number of carbonyl (C=O) groups is 1. The van der Waals surface area contributed by atoms with Gasteiger partial charge in [-0.05, 0) is 17.7 Å². The van der Waals surface area contributed by atoms with Crippen LogP contribution >= 0.6 is 12.4 Å². The van der Waals surface area contributed by atoms with Crippen LogP contribution in [0, 0.1) is 0 Å². The van der Waals surface area contributed by atoms with Gasteiger partial charge in [-0.1, -0.05) is 6.07 Å². The molecule has 96 valence electrons. The van der Waals surface area contributed by atoms with Crippen LogP contribution in [0.1, 0.15) is 5.56 Å². The maximum Gasteiger partial charge on any atom is 0.317 e. The smallest absolute Gasteiger partial charge is 0.317 e. The predicted molar refractivity (Wildman–Crippen MR) is 66.1 cm³/mol. The lowest BCUT2D eigenvalue weighted by atomic mass is 10.2. The highest BCUT2D eigenvalue weighted by molar-refractivity contribution is 5.85. The molecule has 2 N–H and O–H groups in total. The molecule has 1 rings (SSSR count). The van der Waals surface area contributed by atoms with Crippen molar-refractivity contribution in [2.75, 3.05) is 20.8 Å². The summed E-state index contributed by atoms with van der Waals surface area (Å²) in [5.74, 6) is 0.419. The van der Waals surface area contributed by atoms with Crippen molar-refractivity contribution >= 4 is 18.4 Å². The van der Waals surface area contributed by atoms with E-state index < -0.39 is 5.97 Å². The third-order valence-corrected chi connectivity index (χ3v) is 2.05. The molecule has 1 aromatic carbocycles. The van der Waals surface area contributed by atoms with Crippen LogP contribution in [0.3, 0.4) is 0 Å². The van der Waals surface area contributed by atoms with Gasteiger partial charge in [0.25, 0.3) is 0 Å². The monoisotopic (exact) mass is 261 g/mol. The Kier molecular flexibility index (Phi) is 7.09. The number of hydrogen-bond acceptors (Lipinski definition) is 4. The highest BCUT2D eigenvalue weighted by atomic mass is 35.5. The Morgan fingerprint density at radius 2 is 1.94 bits per heavy atom. The van der Waals surface area contributed by atoms with Gasteiger partial charge in [-0.3, -0.25) is 4.79 Å². The number of carboxylic acid groups (broad SMARTS) is 1. The molecule has 0 fully saturated rings. The van der Waals surface area contributed by atoms with Crippen molar-refractivity contribution in [1.82, 2.24) is 5.32 Å². The zero-order chi connectivity index (χ0) is 12.0. The molecule has 0 saturated heterocycles. The number of ether oxygens (including phenoxy) is 2. The van der Waals surface area contributed by atoms with Crippen LogP contribution in [0.4, 0.5) is 0 Å². The van der Waals surface area contributed by atoms with E-state index in [-0.39, 0.29) is 19.0 Å². The SMILES string of the molecule is COc1ccc(CNCC(=O)O)cc1OC.Cl. The lowest BCUT2D eigenvalue weighted by molar-refractivity contribution is -0.135. The lowest BCUT2D eigenvalue weighted by Crippen LogP contribution is -2.21. The van der Waals surface area contributed by atoms with Gasteiger partial charge in [0.05, 0.1) is 20.8 Å². The second-order valence-electron chi connectivity index (χ2n) is 3.19. The van der Waals surface area contributed by atoms with Gasteiger partial charge in [-0.2, -0.15) is 0 Å². The molecule has 0 bridgehead atoms. The third kappa shape index (κ3) is 4.93. The zero-order valence-electron chi connectivity index (χ0n) is 9.73. The Morgan fingerprint density at radius 1 is 1.29 bits per heavy atom. The number of hydrogen-bond donors (Lipinski definition) is 2. The highest BCUT2D eigenvalue weighted by Crippen LogP contribution is 2.27. The molecule has 0 unspecified atom stereocenters. The Hall–Kier alpha value is -1.46. The van der Waals surface area contributed by atoms with Gasteiger partial charge in [-0.15, -0.1) is 12.4 Å². The molecule has 17 heavy (non-hydrogen) atoms. The van der Waals surface area contributed by atoms with E-state index in [0.29, 0.717) is 18.0 Å². The summed E-state index contributed by atoms with van der Waals surface area (Å²) in [6.45, 7) is 0.418. The summed E-state index contributed by atoms with van der Waals surface area (Å²) in [7, 11) is 3.13. The van der Waals surface area contributed by atoms with Crippen LogP contribution in [0.15, 0.2) is 18.2 Å². The maximum atomic E-state index is 10.3. The largest absolute Gasteiger partial charge is 0.493 e. The van der Waals surface area contributed by atoms with E-state index in [1.54, 1.807) is 20.3 Å². The first kappa shape index (κ1) is 15.5. The molecular formula is C11H16ClNO4. The highest BCUT2D eigenvalue weighted by Gasteiger charge is 2.04. The van der Waals surface area contributed by atoms with Gasteiger partial charge >= 0.3 is 5.97 Å². The molecule has 0 aromatic heterocycles. The molecule has 0 aliphatic rings. The molecule has 0 aliphatic heterocycles. The number of benzene rings is 1. The van der Waals surface area contributed by atoms with Crippen molar-refractivity contribution in [3.8, 4) is 11.5 Å². The van der Waals surface area contributed by atoms with Gasteiger partial charge in [-0.25, -0.2) is 0 Å². The van der Waals surface area contributed by atoms with Crippen LogP contribution in [-0.4, -0.2) is 31.8 Å². The fourth-order valence-electron chi connectivity index (χ4n) is 1.30. The van der Waals surface area contributed by atoms with Crippen LogP contribution in [0.5, 0.6) is 11.5 Å². The van der Waals surface area contributed by atoms with E-state index in [4.69, 9.17) is 14.6 Å². The van der Waals surface area contributed by atoms with E-state index in [0.717, 1.165) is 5.56 Å². The molecule has 5 nitrogen and oxygen atoms in total. The van der Waals surface area contributed by atoms with Crippen LogP contribution in [0.2, 0.25) is 0 Å². The second-order valence-corrected chi connectivity index (χ2v) is 3.19. The van der Waals surface area contributed by atoms with Gasteiger partial charge in [0, 0.05) is 6.54 Å². The molecule has 0 aliphatic carbocycles. The average molecular weight is 262 g/mol. The van der Waals surface area contributed by atoms with Crippen molar-refractivity contribution in [1.29, 1.82) is 0 Å². The Bertz CT molecular complexity index is 370. The molecule has 6 heteroatoms. The summed E-state index contributed by atoms with van der Waals surface area (Å²) in [6.07, 6.45) is 0. The standard InChI is InChI=1S/C11H15NO4.ClH/c1-15-9-4-3-8(5-10(9)16-2)6-12-7-11(13)14;/h3-5,12H,6-7H2,1-2H3,(H,13,14);1H. The minimum absolute atomic E-state index is 0. The van der Waals surface area contributed by atoms with Crippen molar-refractivity contribution in [2.24, 2.45) is 0 Å². The first-order valence-electron chi connectivity index (χ1n) is 4.80. The number of methoxy groups -OCH3 is 2. The number of rotatable bonds is 6. The molecule has 0 heterocycles. The summed E-state index contributed by atoms with van der Waals surface area (Å²) in [6, 6.07) is 5.46. The molecule has 0 radical (unpaired) electrons. The summed E-state index contributed by atoms with van der Waals surface area (Å²) in [5.41, 5.74) is 0.943. The number of halogens is 1. The van der Waals surface area contributed by atoms with Gasteiger partial charge < -0.3 is 19.9 Å². The topological polar surface area (TPSA) is 67.8 Å². The predicted octanol–water partition coefficient (Wildman–Crippen LogP) is 1.30. The first-order chi connectivity index (χ1) is 7.67. The molecule has 0 amide bonds.